The van der Waals surface area contributed by atoms with Crippen LogP contribution in [0.3, 0.4) is 0 Å². The maximum Gasteiger partial charge on any atom is 0.315 e. The van der Waals surface area contributed by atoms with Gasteiger partial charge in [-0.15, -0.1) is 0 Å². The molecule has 1 rings (SSSR count). The molecule has 2 N–H and O–H groups in total. The van der Waals surface area contributed by atoms with E-state index in [1.54, 1.807) is 18.2 Å². The van der Waals surface area contributed by atoms with Crippen molar-refractivity contribution in [2.45, 2.75) is 26.4 Å². The van der Waals surface area contributed by atoms with Crippen molar-refractivity contribution < 1.29 is 4.79 Å². The van der Waals surface area contributed by atoms with Crippen molar-refractivity contribution in [1.29, 1.82) is 0 Å². The average Bonchev–Trinajstić information content (AvgIpc) is 2.12. The number of halogens is 2. The van der Waals surface area contributed by atoms with Gasteiger partial charge in [0.05, 0.1) is 0 Å². The van der Waals surface area contributed by atoms with Crippen LogP contribution in [0, 0.1) is 0 Å². The zero-order valence-electron chi connectivity index (χ0n) is 9.18. The minimum absolute atomic E-state index is 0.114. The summed E-state index contributed by atoms with van der Waals surface area (Å²) in [5.74, 6) is 0. The van der Waals surface area contributed by atoms with E-state index in [2.05, 4.69) is 10.6 Å². The molecule has 3 nitrogen and oxygen atoms in total. The third-order valence-electron chi connectivity index (χ3n) is 1.80. The summed E-state index contributed by atoms with van der Waals surface area (Å²) < 4.78 is 0. The van der Waals surface area contributed by atoms with Crippen LogP contribution in [-0.4, -0.2) is 12.1 Å². The molecular weight excluding hydrogens is 247 g/mol. The largest absolute Gasteiger partial charge is 0.336 e. The van der Waals surface area contributed by atoms with Crippen molar-refractivity contribution >= 4 is 29.2 Å². The molecule has 0 bridgehead atoms. The van der Waals surface area contributed by atoms with Crippen LogP contribution in [-0.2, 0) is 6.54 Å². The van der Waals surface area contributed by atoms with E-state index in [4.69, 9.17) is 23.2 Å². The lowest BCUT2D eigenvalue weighted by Crippen LogP contribution is -2.39. The molecule has 5 heteroatoms. The summed E-state index contributed by atoms with van der Waals surface area (Å²) in [6, 6.07) is 5.10. The van der Waals surface area contributed by atoms with E-state index < -0.39 is 0 Å². The molecule has 0 saturated carbocycles. The molecule has 0 saturated heterocycles. The molecule has 88 valence electrons. The normalized spacial score (nSPS) is 10.3. The summed E-state index contributed by atoms with van der Waals surface area (Å²) in [5.41, 5.74) is 0.872. The molecule has 0 fully saturated rings. The van der Waals surface area contributed by atoms with E-state index in [1.807, 2.05) is 13.8 Å². The fraction of sp³-hybridized carbons (Fsp3) is 0.364. The standard InChI is InChI=1S/C11H14Cl2N2O/c1-7(2)15-11(16)14-6-8-3-9(12)5-10(13)4-8/h3-5,7H,6H2,1-2H3,(H2,14,15,16). The lowest BCUT2D eigenvalue weighted by Gasteiger charge is -2.10. The van der Waals surface area contributed by atoms with E-state index in [1.165, 1.54) is 0 Å². The maximum atomic E-state index is 11.3. The van der Waals surface area contributed by atoms with Crippen molar-refractivity contribution in [2.75, 3.05) is 0 Å². The first-order valence-electron chi connectivity index (χ1n) is 4.96. The van der Waals surface area contributed by atoms with Crippen LogP contribution in [0.1, 0.15) is 19.4 Å². The van der Waals surface area contributed by atoms with Crippen molar-refractivity contribution in [3.63, 3.8) is 0 Å². The number of carbonyl (C=O) groups is 1. The van der Waals surface area contributed by atoms with Crippen LogP contribution in [0.4, 0.5) is 4.79 Å². The van der Waals surface area contributed by atoms with Gasteiger partial charge in [-0.3, -0.25) is 0 Å². The Bertz CT molecular complexity index is 360. The lowest BCUT2D eigenvalue weighted by molar-refractivity contribution is 0.238. The Kier molecular flexibility index (Phi) is 4.90. The fourth-order valence-electron chi connectivity index (χ4n) is 1.21. The van der Waals surface area contributed by atoms with Gasteiger partial charge in [-0.25, -0.2) is 4.79 Å². The minimum Gasteiger partial charge on any atom is -0.336 e. The van der Waals surface area contributed by atoms with E-state index >= 15 is 0 Å². The Morgan fingerprint density at radius 1 is 1.25 bits per heavy atom. The van der Waals surface area contributed by atoms with E-state index in [0.29, 0.717) is 16.6 Å². The molecule has 0 radical (unpaired) electrons. The zero-order valence-corrected chi connectivity index (χ0v) is 10.7. The molecule has 0 aliphatic rings. The number of benzene rings is 1. The Balaban J connectivity index is 2.51. The second kappa shape index (κ2) is 5.97. The summed E-state index contributed by atoms with van der Waals surface area (Å²) in [4.78, 5) is 11.3. The second-order valence-corrected chi connectivity index (χ2v) is 4.63. The van der Waals surface area contributed by atoms with Gasteiger partial charge in [-0.1, -0.05) is 23.2 Å². The molecule has 16 heavy (non-hydrogen) atoms. The maximum absolute atomic E-state index is 11.3. The van der Waals surface area contributed by atoms with Crippen LogP contribution in [0.15, 0.2) is 18.2 Å². The molecule has 1 aromatic rings. The molecule has 2 amide bonds. The molecule has 1 aromatic carbocycles. The number of hydrogen-bond donors (Lipinski definition) is 2. The molecule has 0 spiro atoms. The van der Waals surface area contributed by atoms with Crippen LogP contribution in [0.25, 0.3) is 0 Å². The van der Waals surface area contributed by atoms with Gasteiger partial charge in [-0.05, 0) is 37.6 Å². The predicted octanol–water partition coefficient (Wildman–Crippen LogP) is 3.20. The Hall–Kier alpha value is -0.930. The van der Waals surface area contributed by atoms with Crippen LogP contribution in [0.5, 0.6) is 0 Å². The van der Waals surface area contributed by atoms with Gasteiger partial charge in [0.15, 0.2) is 0 Å². The SMILES string of the molecule is CC(C)NC(=O)NCc1cc(Cl)cc(Cl)c1. The highest BCUT2D eigenvalue weighted by Crippen LogP contribution is 2.18. The quantitative estimate of drug-likeness (QED) is 0.861. The highest BCUT2D eigenvalue weighted by molar-refractivity contribution is 6.34. The van der Waals surface area contributed by atoms with Gasteiger partial charge >= 0.3 is 6.03 Å². The Morgan fingerprint density at radius 3 is 2.31 bits per heavy atom. The Morgan fingerprint density at radius 2 is 1.81 bits per heavy atom. The van der Waals surface area contributed by atoms with Crippen LogP contribution < -0.4 is 10.6 Å². The number of urea groups is 1. The average molecular weight is 261 g/mol. The molecule has 0 unspecified atom stereocenters. The number of amides is 2. The van der Waals surface area contributed by atoms with Crippen molar-refractivity contribution in [2.24, 2.45) is 0 Å². The summed E-state index contributed by atoms with van der Waals surface area (Å²) in [5, 5.41) is 6.57. The highest BCUT2D eigenvalue weighted by Gasteiger charge is 2.03. The molecule has 0 aromatic heterocycles. The Labute approximate surface area is 105 Å². The van der Waals surface area contributed by atoms with E-state index in [9.17, 15) is 4.79 Å². The van der Waals surface area contributed by atoms with Gasteiger partial charge in [0.25, 0.3) is 0 Å². The van der Waals surface area contributed by atoms with E-state index in [-0.39, 0.29) is 12.1 Å². The lowest BCUT2D eigenvalue weighted by atomic mass is 10.2. The smallest absolute Gasteiger partial charge is 0.315 e. The fourth-order valence-corrected chi connectivity index (χ4v) is 1.78. The van der Waals surface area contributed by atoms with Gasteiger partial charge in [-0.2, -0.15) is 0 Å². The zero-order chi connectivity index (χ0) is 12.1. The number of hydrogen-bond acceptors (Lipinski definition) is 1. The topological polar surface area (TPSA) is 41.1 Å². The monoisotopic (exact) mass is 260 g/mol. The van der Waals surface area contributed by atoms with Gasteiger partial charge in [0.2, 0.25) is 0 Å². The van der Waals surface area contributed by atoms with Gasteiger partial charge < -0.3 is 10.6 Å². The summed E-state index contributed by atoms with van der Waals surface area (Å²) >= 11 is 11.7. The minimum atomic E-state index is -0.203. The third kappa shape index (κ3) is 4.73. The molecule has 0 aliphatic carbocycles. The van der Waals surface area contributed by atoms with Crippen LogP contribution in [0.2, 0.25) is 10.0 Å². The molecule has 0 heterocycles. The van der Waals surface area contributed by atoms with Crippen molar-refractivity contribution in [3.05, 3.63) is 33.8 Å². The predicted molar refractivity (Wildman–Crippen MR) is 67.0 cm³/mol. The first-order valence-corrected chi connectivity index (χ1v) is 5.72. The number of nitrogens with one attached hydrogen (secondary N) is 2. The van der Waals surface area contributed by atoms with Crippen molar-refractivity contribution in [1.82, 2.24) is 10.6 Å². The first kappa shape index (κ1) is 13.1. The van der Waals surface area contributed by atoms with Crippen LogP contribution >= 0.6 is 23.2 Å². The van der Waals surface area contributed by atoms with Gasteiger partial charge in [0.1, 0.15) is 0 Å². The summed E-state index contributed by atoms with van der Waals surface area (Å²) in [7, 11) is 0. The molecular formula is C11H14Cl2N2O. The second-order valence-electron chi connectivity index (χ2n) is 3.76. The molecule has 0 atom stereocenters. The third-order valence-corrected chi connectivity index (χ3v) is 2.23. The summed E-state index contributed by atoms with van der Waals surface area (Å²) in [6.45, 7) is 4.20. The first-order chi connectivity index (χ1) is 7.47. The van der Waals surface area contributed by atoms with Crippen molar-refractivity contribution in [3.8, 4) is 0 Å². The molecule has 0 aliphatic heterocycles. The highest BCUT2D eigenvalue weighted by atomic mass is 35.5. The van der Waals surface area contributed by atoms with Gasteiger partial charge in [0, 0.05) is 22.6 Å². The summed E-state index contributed by atoms with van der Waals surface area (Å²) in [6.07, 6.45) is 0. The van der Waals surface area contributed by atoms with E-state index in [0.717, 1.165) is 5.56 Å². The number of carbonyl (C=O) groups excluding carboxylic acids is 1. The number of rotatable bonds is 3.